The van der Waals surface area contributed by atoms with Crippen LogP contribution in [-0.2, 0) is 10.0 Å². The Balaban J connectivity index is 1.25. The third-order valence-corrected chi connectivity index (χ3v) is 7.33. The molecule has 0 saturated carbocycles. The van der Waals surface area contributed by atoms with Crippen molar-refractivity contribution in [1.29, 1.82) is 0 Å². The van der Waals surface area contributed by atoms with Crippen molar-refractivity contribution in [3.8, 4) is 17.6 Å². The molecule has 2 heterocycles. The van der Waals surface area contributed by atoms with E-state index in [2.05, 4.69) is 22.1 Å². The van der Waals surface area contributed by atoms with Gasteiger partial charge >= 0.3 is 0 Å². The fourth-order valence-corrected chi connectivity index (χ4v) is 5.15. The molecular formula is C25H25N3O4S. The molecule has 1 aliphatic heterocycles. The highest BCUT2D eigenvalue weighted by atomic mass is 32.2. The molecular weight excluding hydrogens is 438 g/mol. The molecule has 1 aliphatic rings. The van der Waals surface area contributed by atoms with Crippen LogP contribution in [0.3, 0.4) is 0 Å². The lowest BCUT2D eigenvalue weighted by Gasteiger charge is -2.25. The Kier molecular flexibility index (Phi) is 7.23. The highest BCUT2D eigenvalue weighted by molar-refractivity contribution is 7.89. The largest absolute Gasteiger partial charge is 0.481 e. The molecule has 1 amide bonds. The van der Waals surface area contributed by atoms with Gasteiger partial charge in [-0.15, -0.1) is 0 Å². The molecule has 1 saturated heterocycles. The van der Waals surface area contributed by atoms with Gasteiger partial charge in [0.15, 0.2) is 0 Å². The molecule has 0 bridgehead atoms. The summed E-state index contributed by atoms with van der Waals surface area (Å²) < 4.78 is 32.5. The first-order valence-corrected chi connectivity index (χ1v) is 12.3. The minimum atomic E-state index is -3.51. The fraction of sp³-hybridized carbons (Fsp3) is 0.280. The van der Waals surface area contributed by atoms with E-state index < -0.39 is 10.0 Å². The third-order valence-electron chi connectivity index (χ3n) is 5.42. The zero-order chi connectivity index (χ0) is 23.1. The predicted octanol–water partition coefficient (Wildman–Crippen LogP) is 3.22. The molecule has 0 atom stereocenters. The molecule has 33 heavy (non-hydrogen) atoms. The van der Waals surface area contributed by atoms with E-state index >= 15 is 0 Å². The van der Waals surface area contributed by atoms with Crippen LogP contribution in [0.15, 0.2) is 65.7 Å². The average Bonchev–Trinajstić information content (AvgIpc) is 2.86. The average molecular weight is 464 g/mol. The van der Waals surface area contributed by atoms with Crippen LogP contribution < -0.4 is 10.1 Å². The van der Waals surface area contributed by atoms with Crippen molar-refractivity contribution in [1.82, 2.24) is 14.6 Å². The molecule has 4 rings (SSSR count). The lowest BCUT2D eigenvalue weighted by atomic mass is 10.2. The van der Waals surface area contributed by atoms with Crippen molar-refractivity contribution in [2.24, 2.45) is 0 Å². The van der Waals surface area contributed by atoms with Gasteiger partial charge in [0.25, 0.3) is 5.91 Å². The Labute approximate surface area is 193 Å². The fourth-order valence-electron chi connectivity index (χ4n) is 3.63. The van der Waals surface area contributed by atoms with Gasteiger partial charge in [-0.05, 0) is 55.3 Å². The molecule has 1 fully saturated rings. The van der Waals surface area contributed by atoms with Crippen molar-refractivity contribution in [3.63, 3.8) is 0 Å². The van der Waals surface area contributed by atoms with Gasteiger partial charge in [-0.2, -0.15) is 4.31 Å². The summed E-state index contributed by atoms with van der Waals surface area (Å²) in [5.41, 5.74) is 1.24. The smallest absolute Gasteiger partial charge is 0.252 e. The van der Waals surface area contributed by atoms with E-state index in [9.17, 15) is 13.2 Å². The first-order chi connectivity index (χ1) is 16.0. The molecule has 0 radical (unpaired) electrons. The molecule has 170 valence electrons. The minimum absolute atomic E-state index is 0.162. The van der Waals surface area contributed by atoms with Gasteiger partial charge < -0.3 is 10.1 Å². The monoisotopic (exact) mass is 463 g/mol. The number of benzene rings is 2. The highest BCUT2D eigenvalue weighted by Gasteiger charge is 2.25. The maximum Gasteiger partial charge on any atom is 0.252 e. The lowest BCUT2D eigenvalue weighted by Crippen LogP contribution is -2.35. The Morgan fingerprint density at radius 1 is 1.03 bits per heavy atom. The van der Waals surface area contributed by atoms with E-state index in [0.717, 1.165) is 30.2 Å². The van der Waals surface area contributed by atoms with E-state index in [4.69, 9.17) is 4.74 Å². The van der Waals surface area contributed by atoms with Crippen LogP contribution in [0.4, 0.5) is 0 Å². The van der Waals surface area contributed by atoms with Gasteiger partial charge in [-0.25, -0.2) is 8.42 Å². The number of piperidine rings is 1. The second-order valence-electron chi connectivity index (χ2n) is 7.67. The van der Waals surface area contributed by atoms with Crippen molar-refractivity contribution < 1.29 is 17.9 Å². The standard InChI is InChI=1S/C25H25N3O4S/c29-25(21-9-12-23(13-10-21)33(30,31)28-16-3-1-4-17-28)27-14-2-5-18-32-22-11-8-20-7-6-15-26-24(20)19-22/h6-13,15,19H,1,3-4,14,16-18H2,(H,27,29). The second kappa shape index (κ2) is 10.5. The summed E-state index contributed by atoms with van der Waals surface area (Å²) in [5, 5.41) is 3.74. The number of nitrogens with zero attached hydrogens (tertiary/aromatic N) is 2. The van der Waals surface area contributed by atoms with Crippen LogP contribution >= 0.6 is 0 Å². The van der Waals surface area contributed by atoms with E-state index in [1.165, 1.54) is 28.6 Å². The number of aromatic nitrogens is 1. The summed E-state index contributed by atoms with van der Waals surface area (Å²) in [6.45, 7) is 1.45. The van der Waals surface area contributed by atoms with Crippen LogP contribution in [0, 0.1) is 11.8 Å². The Morgan fingerprint density at radius 3 is 2.61 bits per heavy atom. The number of hydrogen-bond donors (Lipinski definition) is 1. The Bertz CT molecular complexity index is 1290. The van der Waals surface area contributed by atoms with Crippen molar-refractivity contribution in [2.45, 2.75) is 24.2 Å². The zero-order valence-electron chi connectivity index (χ0n) is 18.2. The molecule has 0 spiro atoms. The maximum atomic E-state index is 12.7. The minimum Gasteiger partial charge on any atom is -0.481 e. The van der Waals surface area contributed by atoms with Crippen molar-refractivity contribution >= 4 is 26.8 Å². The molecule has 0 aliphatic carbocycles. The molecule has 7 nitrogen and oxygen atoms in total. The lowest BCUT2D eigenvalue weighted by molar-refractivity contribution is 0.0958. The number of fused-ring (bicyclic) bond motifs is 1. The number of sulfonamides is 1. The van der Waals surface area contributed by atoms with E-state index in [-0.39, 0.29) is 24.0 Å². The molecule has 1 aromatic heterocycles. The molecule has 8 heteroatoms. The topological polar surface area (TPSA) is 88.6 Å². The van der Waals surface area contributed by atoms with Crippen molar-refractivity contribution in [3.05, 3.63) is 66.4 Å². The van der Waals surface area contributed by atoms with E-state index in [0.29, 0.717) is 24.4 Å². The number of hydrogen-bond acceptors (Lipinski definition) is 5. The Morgan fingerprint density at radius 2 is 1.82 bits per heavy atom. The third kappa shape index (κ3) is 5.69. The quantitative estimate of drug-likeness (QED) is 0.567. The number of pyridine rings is 1. The van der Waals surface area contributed by atoms with E-state index in [1.54, 1.807) is 6.20 Å². The van der Waals surface area contributed by atoms with Gasteiger partial charge in [0, 0.05) is 36.3 Å². The van der Waals surface area contributed by atoms with Crippen LogP contribution in [0.1, 0.15) is 29.6 Å². The van der Waals surface area contributed by atoms with Gasteiger partial charge in [0.1, 0.15) is 12.4 Å². The van der Waals surface area contributed by atoms with Crippen LogP contribution in [0.2, 0.25) is 0 Å². The summed E-state index contributed by atoms with van der Waals surface area (Å²) in [6, 6.07) is 15.5. The van der Waals surface area contributed by atoms with Gasteiger partial charge in [-0.3, -0.25) is 9.78 Å². The SMILES string of the molecule is O=C(NCC#CCOc1ccc2cccnc2c1)c1ccc(S(=O)(=O)N2CCCCC2)cc1. The summed E-state index contributed by atoms with van der Waals surface area (Å²) in [4.78, 5) is 16.8. The second-order valence-corrected chi connectivity index (χ2v) is 9.61. The van der Waals surface area contributed by atoms with Crippen LogP contribution in [0.25, 0.3) is 10.9 Å². The summed E-state index contributed by atoms with van der Waals surface area (Å²) in [6.07, 6.45) is 4.55. The number of rotatable bonds is 6. The number of carbonyl (C=O) groups is 1. The molecule has 0 unspecified atom stereocenters. The first kappa shape index (κ1) is 22.8. The number of carbonyl (C=O) groups excluding carboxylic acids is 1. The van der Waals surface area contributed by atoms with Crippen LogP contribution in [-0.4, -0.2) is 49.9 Å². The maximum absolute atomic E-state index is 12.7. The number of ether oxygens (including phenoxy) is 1. The van der Waals surface area contributed by atoms with Crippen LogP contribution in [0.5, 0.6) is 5.75 Å². The molecule has 3 aromatic rings. The summed E-state index contributed by atoms with van der Waals surface area (Å²) in [5.74, 6) is 6.08. The number of amides is 1. The van der Waals surface area contributed by atoms with E-state index in [1.807, 2.05) is 30.3 Å². The Hall–Kier alpha value is -3.41. The first-order valence-electron chi connectivity index (χ1n) is 10.9. The van der Waals surface area contributed by atoms with Gasteiger partial charge in [0.2, 0.25) is 10.0 Å². The highest BCUT2D eigenvalue weighted by Crippen LogP contribution is 2.21. The number of nitrogens with one attached hydrogen (secondary N) is 1. The summed E-state index contributed by atoms with van der Waals surface area (Å²) in [7, 11) is -3.51. The van der Waals surface area contributed by atoms with Crippen molar-refractivity contribution in [2.75, 3.05) is 26.2 Å². The molecule has 2 aromatic carbocycles. The van der Waals surface area contributed by atoms with Gasteiger partial charge in [-0.1, -0.05) is 24.3 Å². The zero-order valence-corrected chi connectivity index (χ0v) is 19.0. The van der Waals surface area contributed by atoms with Gasteiger partial charge in [0.05, 0.1) is 17.0 Å². The predicted molar refractivity (Wildman–Crippen MR) is 126 cm³/mol. The summed E-state index contributed by atoms with van der Waals surface area (Å²) >= 11 is 0. The molecule has 1 N–H and O–H groups in total. The normalized spacial score (nSPS) is 14.3.